The van der Waals surface area contributed by atoms with Crippen molar-refractivity contribution in [1.82, 2.24) is 4.90 Å². The number of likely N-dealkylation sites (N-methyl/N-ethyl adjacent to an activating group) is 1. The highest BCUT2D eigenvalue weighted by atomic mass is 35.5. The highest BCUT2D eigenvalue weighted by molar-refractivity contribution is 7.98. The Balaban J connectivity index is 1.55. The van der Waals surface area contributed by atoms with Crippen molar-refractivity contribution in [2.24, 2.45) is 0 Å². The lowest BCUT2D eigenvalue weighted by atomic mass is 10.2. The van der Waals surface area contributed by atoms with Crippen LogP contribution in [0.25, 0.3) is 0 Å². The van der Waals surface area contributed by atoms with Crippen LogP contribution in [0.4, 0.5) is 0 Å². The molecule has 0 N–H and O–H groups in total. The minimum Gasteiger partial charge on any atom is -0.454 e. The number of hydrogen-bond donors (Lipinski definition) is 0. The fourth-order valence-corrected chi connectivity index (χ4v) is 3.17. The van der Waals surface area contributed by atoms with Crippen molar-refractivity contribution in [3.63, 3.8) is 0 Å². The predicted molar refractivity (Wildman–Crippen MR) is 103 cm³/mol. The number of carbonyl (C=O) groups is 2. The van der Waals surface area contributed by atoms with Crippen molar-refractivity contribution < 1.29 is 23.8 Å². The van der Waals surface area contributed by atoms with Crippen LogP contribution in [0.1, 0.15) is 15.9 Å². The van der Waals surface area contributed by atoms with Crippen LogP contribution < -0.4 is 9.47 Å². The van der Waals surface area contributed by atoms with Gasteiger partial charge >= 0.3 is 5.97 Å². The zero-order valence-corrected chi connectivity index (χ0v) is 16.4. The molecule has 1 heterocycles. The van der Waals surface area contributed by atoms with E-state index in [4.69, 9.17) is 25.8 Å². The van der Waals surface area contributed by atoms with E-state index >= 15 is 0 Å². The molecule has 2 aromatic rings. The summed E-state index contributed by atoms with van der Waals surface area (Å²) in [5.74, 6) is -0.173. The number of fused-ring (bicyclic) bond motifs is 1. The Labute approximate surface area is 166 Å². The minimum absolute atomic E-state index is 0.0504. The molecule has 0 aromatic heterocycles. The van der Waals surface area contributed by atoms with Crippen molar-refractivity contribution in [2.45, 2.75) is 11.4 Å². The highest BCUT2D eigenvalue weighted by Gasteiger charge is 2.22. The third-order valence-corrected chi connectivity index (χ3v) is 5.02. The van der Waals surface area contributed by atoms with Crippen molar-refractivity contribution in [3.05, 3.63) is 52.5 Å². The topological polar surface area (TPSA) is 65.1 Å². The lowest BCUT2D eigenvalue weighted by Crippen LogP contribution is -2.30. The predicted octanol–water partition coefficient (Wildman–Crippen LogP) is 3.61. The summed E-state index contributed by atoms with van der Waals surface area (Å²) in [7, 11) is 1.66. The molecule has 3 rings (SSSR count). The largest absolute Gasteiger partial charge is 0.454 e. The summed E-state index contributed by atoms with van der Waals surface area (Å²) in [5.41, 5.74) is 1.20. The van der Waals surface area contributed by atoms with E-state index in [-0.39, 0.29) is 29.9 Å². The number of thioether (sulfide) groups is 1. The molecule has 0 fully saturated rings. The molecule has 0 spiro atoms. The van der Waals surface area contributed by atoms with Gasteiger partial charge in [0.2, 0.25) is 6.79 Å². The first-order valence-corrected chi connectivity index (χ1v) is 9.71. The standard InChI is InChI=1S/C19H18ClNO5S/c1-21(9-12-3-5-14(27-2)6-4-12)17(22)10-24-19(23)13-7-15(20)18-16(8-13)25-11-26-18/h3-8H,9-11H2,1-2H3. The second-order valence-electron chi connectivity index (χ2n) is 5.87. The molecule has 1 amide bonds. The van der Waals surface area contributed by atoms with Crippen LogP contribution >= 0.6 is 23.4 Å². The summed E-state index contributed by atoms with van der Waals surface area (Å²) < 4.78 is 15.5. The Kier molecular flexibility index (Phi) is 6.13. The Bertz CT molecular complexity index is 856. The fraction of sp³-hybridized carbons (Fsp3) is 0.263. The molecular formula is C19H18ClNO5S. The fourth-order valence-electron chi connectivity index (χ4n) is 2.50. The number of nitrogens with zero attached hydrogens (tertiary/aromatic N) is 1. The molecule has 0 saturated carbocycles. The van der Waals surface area contributed by atoms with Gasteiger partial charge in [-0.3, -0.25) is 4.79 Å². The van der Waals surface area contributed by atoms with E-state index < -0.39 is 5.97 Å². The molecule has 0 aliphatic carbocycles. The second-order valence-corrected chi connectivity index (χ2v) is 7.15. The molecule has 142 valence electrons. The van der Waals surface area contributed by atoms with Gasteiger partial charge in [0.1, 0.15) is 0 Å². The van der Waals surface area contributed by atoms with E-state index in [1.54, 1.807) is 18.8 Å². The second kappa shape index (κ2) is 8.54. The van der Waals surface area contributed by atoms with Gasteiger partial charge in [-0.05, 0) is 36.1 Å². The van der Waals surface area contributed by atoms with E-state index in [0.29, 0.717) is 18.0 Å². The normalized spacial score (nSPS) is 12.0. The van der Waals surface area contributed by atoms with Crippen LogP contribution in [0.15, 0.2) is 41.3 Å². The summed E-state index contributed by atoms with van der Waals surface area (Å²) in [6.45, 7) is 0.125. The smallest absolute Gasteiger partial charge is 0.338 e. The highest BCUT2D eigenvalue weighted by Crippen LogP contribution is 2.39. The number of esters is 1. The van der Waals surface area contributed by atoms with Crippen LogP contribution in [0.2, 0.25) is 5.02 Å². The Morgan fingerprint density at radius 2 is 1.96 bits per heavy atom. The maximum atomic E-state index is 12.2. The van der Waals surface area contributed by atoms with Crippen LogP contribution in [0, 0.1) is 0 Å². The molecule has 2 aromatic carbocycles. The minimum atomic E-state index is -0.652. The van der Waals surface area contributed by atoms with Gasteiger partial charge in [0.05, 0.1) is 10.6 Å². The third kappa shape index (κ3) is 4.67. The SMILES string of the molecule is CSc1ccc(CN(C)C(=O)COC(=O)c2cc(Cl)c3c(c2)OCO3)cc1. The number of rotatable bonds is 6. The van der Waals surface area contributed by atoms with E-state index in [0.717, 1.165) is 10.5 Å². The van der Waals surface area contributed by atoms with E-state index in [2.05, 4.69) is 0 Å². The summed E-state index contributed by atoms with van der Waals surface area (Å²) in [6, 6.07) is 10.9. The molecule has 0 bridgehead atoms. The number of halogens is 1. The lowest BCUT2D eigenvalue weighted by Gasteiger charge is -2.17. The molecule has 27 heavy (non-hydrogen) atoms. The summed E-state index contributed by atoms with van der Waals surface area (Å²) in [6.07, 6.45) is 2.01. The van der Waals surface area contributed by atoms with E-state index in [1.807, 2.05) is 30.5 Å². The maximum absolute atomic E-state index is 12.2. The molecule has 0 unspecified atom stereocenters. The van der Waals surface area contributed by atoms with Crippen LogP contribution in [-0.4, -0.2) is 43.5 Å². The monoisotopic (exact) mass is 407 g/mol. The molecule has 8 heteroatoms. The zero-order chi connectivity index (χ0) is 19.4. The molecule has 0 atom stereocenters. The van der Waals surface area contributed by atoms with Gasteiger partial charge in [-0.25, -0.2) is 4.79 Å². The Morgan fingerprint density at radius 1 is 1.22 bits per heavy atom. The van der Waals surface area contributed by atoms with Gasteiger partial charge < -0.3 is 19.1 Å². The molecular weight excluding hydrogens is 390 g/mol. The quantitative estimate of drug-likeness (QED) is 0.538. The number of ether oxygens (including phenoxy) is 3. The first kappa shape index (κ1) is 19.4. The number of benzene rings is 2. The van der Waals surface area contributed by atoms with Crippen molar-refractivity contribution in [1.29, 1.82) is 0 Å². The third-order valence-electron chi connectivity index (χ3n) is 3.99. The van der Waals surface area contributed by atoms with Gasteiger partial charge in [-0.2, -0.15) is 0 Å². The number of amides is 1. The van der Waals surface area contributed by atoms with E-state index in [1.165, 1.54) is 17.0 Å². The van der Waals surface area contributed by atoms with Gasteiger partial charge in [0.15, 0.2) is 18.1 Å². The van der Waals surface area contributed by atoms with E-state index in [9.17, 15) is 9.59 Å². The number of hydrogen-bond acceptors (Lipinski definition) is 6. The van der Waals surface area contributed by atoms with Crippen molar-refractivity contribution in [3.8, 4) is 11.5 Å². The first-order chi connectivity index (χ1) is 13.0. The first-order valence-electron chi connectivity index (χ1n) is 8.11. The average molecular weight is 408 g/mol. The zero-order valence-electron chi connectivity index (χ0n) is 14.9. The average Bonchev–Trinajstić information content (AvgIpc) is 3.15. The van der Waals surface area contributed by atoms with Crippen molar-refractivity contribution in [2.75, 3.05) is 26.7 Å². The Morgan fingerprint density at radius 3 is 2.67 bits per heavy atom. The molecule has 0 radical (unpaired) electrons. The van der Waals surface area contributed by atoms with Gasteiger partial charge in [0.25, 0.3) is 5.91 Å². The van der Waals surface area contributed by atoms with Crippen molar-refractivity contribution >= 4 is 35.2 Å². The summed E-state index contributed by atoms with van der Waals surface area (Å²) in [5, 5.41) is 0.258. The molecule has 1 aliphatic heterocycles. The lowest BCUT2D eigenvalue weighted by molar-refractivity contribution is -0.133. The Hall–Kier alpha value is -2.38. The maximum Gasteiger partial charge on any atom is 0.338 e. The molecule has 0 saturated heterocycles. The van der Waals surface area contributed by atoms with Gasteiger partial charge in [-0.1, -0.05) is 23.7 Å². The summed E-state index contributed by atoms with van der Waals surface area (Å²) in [4.78, 5) is 27.1. The number of carbonyl (C=O) groups excluding carboxylic acids is 2. The van der Waals surface area contributed by atoms with Crippen LogP contribution in [0.5, 0.6) is 11.5 Å². The van der Waals surface area contributed by atoms with Gasteiger partial charge in [-0.15, -0.1) is 11.8 Å². The van der Waals surface area contributed by atoms with Crippen LogP contribution in [0.3, 0.4) is 0 Å². The molecule has 1 aliphatic rings. The van der Waals surface area contributed by atoms with Crippen LogP contribution in [-0.2, 0) is 16.1 Å². The molecule has 6 nitrogen and oxygen atoms in total. The summed E-state index contributed by atoms with van der Waals surface area (Å²) >= 11 is 7.71. The van der Waals surface area contributed by atoms with Gasteiger partial charge in [0, 0.05) is 18.5 Å².